The van der Waals surface area contributed by atoms with Gasteiger partial charge in [-0.2, -0.15) is 9.97 Å². The predicted molar refractivity (Wildman–Crippen MR) is 161 cm³/mol. The number of carbonyl (C=O) groups excluding carboxylic acids is 2. The number of aromatic nitrogens is 4. The molecule has 0 aliphatic carbocycles. The maximum atomic E-state index is 15.7. The van der Waals surface area contributed by atoms with Crippen LogP contribution in [0.1, 0.15) is 47.8 Å². The van der Waals surface area contributed by atoms with E-state index in [9.17, 15) is 14.7 Å². The molecule has 3 heterocycles. The van der Waals surface area contributed by atoms with Crippen LogP contribution in [0.5, 0.6) is 0 Å². The van der Waals surface area contributed by atoms with E-state index in [1.165, 1.54) is 13.3 Å². The van der Waals surface area contributed by atoms with Crippen LogP contribution in [0.25, 0.3) is 11.2 Å². The minimum Gasteiger partial charge on any atom is -0.462 e. The molecule has 0 saturated carbocycles. The van der Waals surface area contributed by atoms with Gasteiger partial charge in [0.05, 0.1) is 25.6 Å². The first-order chi connectivity index (χ1) is 19.4. The Hall–Kier alpha value is -1.69. The highest BCUT2D eigenvalue weighted by Gasteiger charge is 2.58. The van der Waals surface area contributed by atoms with E-state index in [-0.39, 0.29) is 46.5 Å². The molecule has 0 aromatic carbocycles. The van der Waals surface area contributed by atoms with Crippen molar-refractivity contribution >= 4 is 75.8 Å². The Morgan fingerprint density at radius 3 is 2.62 bits per heavy atom. The Kier molecular flexibility index (Phi) is 11.2. The predicted octanol–water partition coefficient (Wildman–Crippen LogP) is 2.65. The van der Waals surface area contributed by atoms with Crippen molar-refractivity contribution in [2.24, 2.45) is 5.41 Å². The molecule has 42 heavy (non-hydrogen) atoms. The van der Waals surface area contributed by atoms with Crippen LogP contribution in [0.2, 0.25) is 0 Å². The lowest BCUT2D eigenvalue weighted by Crippen LogP contribution is -2.39. The van der Waals surface area contributed by atoms with Gasteiger partial charge in [-0.3, -0.25) is 14.2 Å². The van der Waals surface area contributed by atoms with Gasteiger partial charge in [0.2, 0.25) is 5.95 Å². The first-order valence-electron chi connectivity index (χ1n) is 12.9. The van der Waals surface area contributed by atoms with Gasteiger partial charge >= 0.3 is 5.97 Å². The van der Waals surface area contributed by atoms with Gasteiger partial charge in [-0.15, -0.1) is 0 Å². The fourth-order valence-corrected chi connectivity index (χ4v) is 7.21. The highest BCUT2D eigenvalue weighted by atomic mass is 35.5. The molecular weight excluding hydrogens is 636 g/mol. The molecule has 1 aliphatic rings. The van der Waals surface area contributed by atoms with Crippen LogP contribution in [0.3, 0.4) is 0 Å². The summed E-state index contributed by atoms with van der Waals surface area (Å²) in [5.41, 5.74) is 11.1. The van der Waals surface area contributed by atoms with Crippen molar-refractivity contribution in [3.05, 3.63) is 6.33 Å². The van der Waals surface area contributed by atoms with Crippen LogP contribution in [0.15, 0.2) is 6.33 Å². The highest BCUT2D eigenvalue weighted by molar-refractivity contribution is 8.13. The Morgan fingerprint density at radius 1 is 1.33 bits per heavy atom. The second-order valence-corrected chi connectivity index (χ2v) is 15.6. The van der Waals surface area contributed by atoms with Gasteiger partial charge in [0.25, 0.3) is 11.8 Å². The number of rotatable bonds is 12. The van der Waals surface area contributed by atoms with Crippen molar-refractivity contribution in [3.63, 3.8) is 0 Å². The normalized spacial score (nSPS) is 25.0. The number of anilines is 2. The number of halogens is 2. The number of thioether (sulfide) groups is 1. The Balaban J connectivity index is 1.76. The van der Waals surface area contributed by atoms with Crippen LogP contribution in [0, 0.1) is 5.41 Å². The third-order valence-electron chi connectivity index (χ3n) is 5.75. The molecule has 0 amide bonds. The zero-order valence-electron chi connectivity index (χ0n) is 23.9. The first-order valence-corrected chi connectivity index (χ1v) is 16.9. The van der Waals surface area contributed by atoms with Crippen LogP contribution in [0.4, 0.5) is 16.2 Å². The monoisotopic (exact) mass is 671 g/mol. The van der Waals surface area contributed by atoms with Gasteiger partial charge < -0.3 is 35.1 Å². The number of nitrogens with one attached hydrogen (secondary N) is 1. The summed E-state index contributed by atoms with van der Waals surface area (Å²) in [6.07, 6.45) is -4.05. The van der Waals surface area contributed by atoms with Crippen molar-refractivity contribution in [2.75, 3.05) is 30.4 Å². The number of ether oxygens (including phenoxy) is 2. The lowest BCUT2D eigenvalue weighted by molar-refractivity contribution is -0.149. The van der Waals surface area contributed by atoms with Crippen molar-refractivity contribution < 1.29 is 37.6 Å². The molecule has 0 unspecified atom stereocenters. The topological polar surface area (TPSA) is 199 Å². The van der Waals surface area contributed by atoms with Crippen molar-refractivity contribution in [2.45, 2.75) is 77.3 Å². The molecule has 2 aromatic heterocycles. The summed E-state index contributed by atoms with van der Waals surface area (Å²) < 4.78 is 39.5. The lowest BCUT2D eigenvalue weighted by Gasteiger charge is -2.28. The molecule has 1 saturated heterocycles. The van der Waals surface area contributed by atoms with Gasteiger partial charge in [-0.05, 0) is 32.6 Å². The van der Waals surface area contributed by atoms with Crippen molar-refractivity contribution in [1.29, 1.82) is 0 Å². The number of nitrogen functional groups attached to an aromatic ring is 2. The van der Waals surface area contributed by atoms with E-state index in [4.69, 9.17) is 53.4 Å². The lowest BCUT2D eigenvalue weighted by atomic mass is 10.00. The van der Waals surface area contributed by atoms with Gasteiger partial charge in [-0.1, -0.05) is 44.1 Å². The smallest absolute Gasteiger partial charge is 0.323 e. The van der Waals surface area contributed by atoms with E-state index in [1.54, 1.807) is 34.6 Å². The van der Waals surface area contributed by atoms with E-state index in [2.05, 4.69) is 20.0 Å². The maximum absolute atomic E-state index is 15.7. The Morgan fingerprint density at radius 2 is 2.00 bits per heavy atom. The summed E-state index contributed by atoms with van der Waals surface area (Å²) in [5, 5.41) is 10.7. The highest BCUT2D eigenvalue weighted by Crippen LogP contribution is 2.49. The zero-order valence-corrected chi connectivity index (χ0v) is 27.2. The Bertz CT molecular complexity index is 1350. The van der Waals surface area contributed by atoms with Gasteiger partial charge in [0, 0.05) is 11.2 Å². The number of carbonyl (C=O) groups is 2. The van der Waals surface area contributed by atoms with Gasteiger partial charge in [0.1, 0.15) is 23.8 Å². The third kappa shape index (κ3) is 8.27. The molecular formula is C23H36ClFN7O7PS2. The fourth-order valence-electron chi connectivity index (χ4n) is 3.65. The molecule has 3 rings (SSSR count). The number of alkyl halides is 2. The van der Waals surface area contributed by atoms with E-state index in [0.717, 1.165) is 16.3 Å². The fraction of sp³-hybridized carbons (Fsp3) is 0.696. The molecule has 1 fully saturated rings. The second-order valence-electron chi connectivity index (χ2n) is 10.8. The number of esters is 1. The van der Waals surface area contributed by atoms with E-state index >= 15 is 4.39 Å². The number of nitrogens with two attached hydrogens (primary N) is 2. The van der Waals surface area contributed by atoms with E-state index in [1.807, 2.05) is 0 Å². The van der Waals surface area contributed by atoms with E-state index < -0.39 is 54.2 Å². The van der Waals surface area contributed by atoms with E-state index in [0.29, 0.717) is 0 Å². The summed E-state index contributed by atoms with van der Waals surface area (Å²) in [6, 6.07) is -0.939. The molecule has 14 nitrogen and oxygen atoms in total. The van der Waals surface area contributed by atoms with Crippen LogP contribution in [-0.4, -0.2) is 84.2 Å². The molecule has 0 bridgehead atoms. The summed E-state index contributed by atoms with van der Waals surface area (Å²) in [4.78, 5) is 36.6. The minimum atomic E-state index is -3.50. The summed E-state index contributed by atoms with van der Waals surface area (Å²) >= 11 is 12.8. The standard InChI is InChI=1S/C23H36ClFN7O7PS2/c1-11(2)38-18(34)12(3)31-40(41,36-7-8-42-20(35)22(4,5)6)37-9-13-15(33)23(24,25)19(39-13)32-10-28-14-16(26)29-21(27)30-17(14)32/h10-13,15,19,33H,7-9H2,1-6H3,(H,31,41)(H4,26,27,29,30)/t12-,13-,15-,19-,23+,40+/m1/s1. The third-order valence-corrected chi connectivity index (χ3v) is 10.1. The quantitative estimate of drug-likeness (QED) is 0.111. The number of hydrogen-bond donors (Lipinski definition) is 4. The summed E-state index contributed by atoms with van der Waals surface area (Å²) in [7, 11) is 0. The molecule has 1 aliphatic heterocycles. The molecule has 6 atom stereocenters. The molecule has 19 heteroatoms. The number of aliphatic hydroxyl groups excluding tert-OH is 1. The first kappa shape index (κ1) is 34.8. The molecule has 236 valence electrons. The SMILES string of the molecule is CC(C)OC(=O)[C@@H](C)N[P@](=S)(OCCSC(=O)C(C)(C)C)OC[C@H]1O[C@@H](n2cnc3c(N)nc(N)nc32)[C@](F)(Cl)[C@@H]1O. The van der Waals surface area contributed by atoms with Crippen LogP contribution < -0.4 is 16.6 Å². The zero-order chi connectivity index (χ0) is 31.6. The van der Waals surface area contributed by atoms with Gasteiger partial charge in [0.15, 0.2) is 22.8 Å². The number of imidazole rings is 1. The summed E-state index contributed by atoms with van der Waals surface area (Å²) in [5.74, 6) is -0.566. The number of aliphatic hydroxyl groups is 1. The molecule has 2 aromatic rings. The van der Waals surface area contributed by atoms with Crippen molar-refractivity contribution in [3.8, 4) is 0 Å². The number of hydrogen-bond acceptors (Lipinski definition) is 14. The molecule has 6 N–H and O–H groups in total. The average molecular weight is 672 g/mol. The average Bonchev–Trinajstić information content (AvgIpc) is 3.37. The molecule has 0 spiro atoms. The number of nitrogens with zero attached hydrogens (tertiary/aromatic N) is 4. The molecule has 0 radical (unpaired) electrons. The van der Waals surface area contributed by atoms with Gasteiger partial charge in [-0.25, -0.2) is 14.5 Å². The Labute approximate surface area is 256 Å². The number of fused-ring (bicyclic) bond motifs is 1. The maximum Gasteiger partial charge on any atom is 0.323 e. The van der Waals surface area contributed by atoms with Crippen molar-refractivity contribution in [1.82, 2.24) is 24.6 Å². The minimum absolute atomic E-state index is 0.00839. The van der Waals surface area contributed by atoms with Crippen LogP contribution in [-0.2, 0) is 39.9 Å². The second kappa shape index (κ2) is 13.5. The largest absolute Gasteiger partial charge is 0.462 e. The summed E-state index contributed by atoms with van der Waals surface area (Å²) in [6.45, 7) is 6.31. The van der Waals surface area contributed by atoms with Crippen LogP contribution >= 0.6 is 30.0 Å².